The third-order valence-electron chi connectivity index (χ3n) is 2.46. The number of carboxylic acids is 1. The van der Waals surface area contributed by atoms with Crippen LogP contribution in [-0.4, -0.2) is 49.1 Å². The molecule has 1 amide bonds. The summed E-state index contributed by atoms with van der Waals surface area (Å²) in [7, 11) is 3.57. The highest BCUT2D eigenvalue weighted by Crippen LogP contribution is 2.14. The summed E-state index contributed by atoms with van der Waals surface area (Å²) in [4.78, 5) is 24.4. The number of nitrogens with one attached hydrogen (secondary N) is 1. The van der Waals surface area contributed by atoms with E-state index in [1.54, 1.807) is 43.3 Å². The van der Waals surface area contributed by atoms with Crippen LogP contribution in [0.15, 0.2) is 30.3 Å². The molecule has 2 N–H and O–H groups in total. The number of amides is 1. The number of carbonyl (C=O) groups is 2. The first kappa shape index (κ1) is 14.2. The average molecular weight is 250 g/mol. The Kier molecular flexibility index (Phi) is 5.32. The van der Waals surface area contributed by atoms with Crippen molar-refractivity contribution in [3.63, 3.8) is 0 Å². The molecule has 1 unspecified atom stereocenters. The Hall–Kier alpha value is -1.88. The van der Waals surface area contributed by atoms with E-state index in [1.807, 2.05) is 6.07 Å². The molecule has 0 bridgehead atoms. The molecule has 0 radical (unpaired) electrons. The topological polar surface area (TPSA) is 69.6 Å². The van der Waals surface area contributed by atoms with E-state index < -0.39 is 11.9 Å². The molecule has 0 aliphatic carbocycles. The molecule has 5 nitrogen and oxygen atoms in total. The van der Waals surface area contributed by atoms with E-state index in [1.165, 1.54) is 0 Å². The van der Waals surface area contributed by atoms with Gasteiger partial charge in [-0.2, -0.15) is 0 Å². The summed E-state index contributed by atoms with van der Waals surface area (Å²) in [6.07, 6.45) is 0. The highest BCUT2D eigenvalue weighted by Gasteiger charge is 2.20. The SMILES string of the molecule is CN(C)CC(=O)NCC(C(=O)O)c1ccccc1. The summed E-state index contributed by atoms with van der Waals surface area (Å²) in [5.41, 5.74) is 0.690. The zero-order chi connectivity index (χ0) is 13.5. The second-order valence-corrected chi connectivity index (χ2v) is 4.34. The van der Waals surface area contributed by atoms with Gasteiger partial charge < -0.3 is 15.3 Å². The molecule has 1 atom stereocenters. The van der Waals surface area contributed by atoms with Crippen LogP contribution in [0, 0.1) is 0 Å². The normalized spacial score (nSPS) is 12.2. The summed E-state index contributed by atoms with van der Waals surface area (Å²) in [6, 6.07) is 8.89. The standard InChI is InChI=1S/C13H18N2O3/c1-15(2)9-12(16)14-8-11(13(17)18)10-6-4-3-5-7-10/h3-7,11H,8-9H2,1-2H3,(H,14,16)(H,17,18). The number of benzene rings is 1. The predicted molar refractivity (Wildman–Crippen MR) is 68.4 cm³/mol. The van der Waals surface area contributed by atoms with Gasteiger partial charge in [0.05, 0.1) is 12.5 Å². The third-order valence-corrected chi connectivity index (χ3v) is 2.46. The monoisotopic (exact) mass is 250 g/mol. The lowest BCUT2D eigenvalue weighted by atomic mass is 9.99. The van der Waals surface area contributed by atoms with Crippen LogP contribution in [0.4, 0.5) is 0 Å². The van der Waals surface area contributed by atoms with Gasteiger partial charge in [0.1, 0.15) is 0 Å². The molecular formula is C13H18N2O3. The molecule has 0 fully saturated rings. The largest absolute Gasteiger partial charge is 0.481 e. The van der Waals surface area contributed by atoms with Crippen LogP contribution in [0.3, 0.4) is 0 Å². The number of likely N-dealkylation sites (N-methyl/N-ethyl adjacent to an activating group) is 1. The maximum Gasteiger partial charge on any atom is 0.312 e. The zero-order valence-electron chi connectivity index (χ0n) is 10.6. The molecule has 98 valence electrons. The second kappa shape index (κ2) is 6.76. The lowest BCUT2D eigenvalue weighted by molar-refractivity contribution is -0.138. The minimum Gasteiger partial charge on any atom is -0.481 e. The molecule has 0 aromatic heterocycles. The van der Waals surface area contributed by atoms with Crippen LogP contribution in [0.5, 0.6) is 0 Å². The van der Waals surface area contributed by atoms with Crippen LogP contribution in [0.1, 0.15) is 11.5 Å². The lowest BCUT2D eigenvalue weighted by Crippen LogP contribution is -2.37. The summed E-state index contributed by atoms with van der Waals surface area (Å²) in [5, 5.41) is 11.8. The number of hydrogen-bond acceptors (Lipinski definition) is 3. The number of carbonyl (C=O) groups excluding carboxylic acids is 1. The smallest absolute Gasteiger partial charge is 0.312 e. The maximum absolute atomic E-state index is 11.5. The minimum absolute atomic E-state index is 0.103. The number of aliphatic carboxylic acids is 1. The van der Waals surface area contributed by atoms with Crippen molar-refractivity contribution in [2.45, 2.75) is 5.92 Å². The molecule has 0 saturated carbocycles. The van der Waals surface area contributed by atoms with E-state index in [9.17, 15) is 9.59 Å². The van der Waals surface area contributed by atoms with Crippen molar-refractivity contribution in [2.24, 2.45) is 0 Å². The van der Waals surface area contributed by atoms with E-state index >= 15 is 0 Å². The Morgan fingerprint density at radius 1 is 1.28 bits per heavy atom. The van der Waals surface area contributed by atoms with Crippen LogP contribution in [-0.2, 0) is 9.59 Å². The summed E-state index contributed by atoms with van der Waals surface area (Å²) in [5.74, 6) is -1.83. The van der Waals surface area contributed by atoms with Gasteiger partial charge in [0, 0.05) is 6.54 Å². The summed E-state index contributed by atoms with van der Waals surface area (Å²) < 4.78 is 0. The molecule has 1 rings (SSSR count). The Morgan fingerprint density at radius 3 is 2.39 bits per heavy atom. The Bertz CT molecular complexity index is 404. The first-order valence-electron chi connectivity index (χ1n) is 5.70. The molecule has 0 aliphatic heterocycles. The van der Waals surface area contributed by atoms with E-state index in [-0.39, 0.29) is 19.0 Å². The number of nitrogens with zero attached hydrogens (tertiary/aromatic N) is 1. The Balaban J connectivity index is 2.60. The van der Waals surface area contributed by atoms with E-state index in [2.05, 4.69) is 5.32 Å². The van der Waals surface area contributed by atoms with Crippen molar-refractivity contribution in [3.8, 4) is 0 Å². The zero-order valence-corrected chi connectivity index (χ0v) is 10.6. The van der Waals surface area contributed by atoms with Gasteiger partial charge in [0.2, 0.25) is 5.91 Å². The van der Waals surface area contributed by atoms with Gasteiger partial charge in [-0.3, -0.25) is 9.59 Å². The predicted octanol–water partition coefficient (Wildman–Crippen LogP) is 0.533. The molecule has 0 spiro atoms. The molecule has 0 heterocycles. The molecule has 1 aromatic rings. The van der Waals surface area contributed by atoms with Gasteiger partial charge in [-0.25, -0.2) is 0 Å². The number of hydrogen-bond donors (Lipinski definition) is 2. The van der Waals surface area contributed by atoms with Crippen molar-refractivity contribution in [1.29, 1.82) is 0 Å². The van der Waals surface area contributed by atoms with Crippen LogP contribution < -0.4 is 5.32 Å². The van der Waals surface area contributed by atoms with Gasteiger partial charge in [-0.05, 0) is 19.7 Å². The molecule has 1 aromatic carbocycles. The van der Waals surface area contributed by atoms with Crippen molar-refractivity contribution in [1.82, 2.24) is 10.2 Å². The van der Waals surface area contributed by atoms with Crippen molar-refractivity contribution >= 4 is 11.9 Å². The fraction of sp³-hybridized carbons (Fsp3) is 0.385. The fourth-order valence-electron chi connectivity index (χ4n) is 1.59. The fourth-order valence-corrected chi connectivity index (χ4v) is 1.59. The second-order valence-electron chi connectivity index (χ2n) is 4.34. The number of rotatable bonds is 6. The summed E-state index contributed by atoms with van der Waals surface area (Å²) >= 11 is 0. The number of carboxylic acid groups (broad SMARTS) is 1. The Labute approximate surface area is 106 Å². The molecular weight excluding hydrogens is 232 g/mol. The molecule has 0 saturated heterocycles. The van der Waals surface area contributed by atoms with Gasteiger partial charge in [0.15, 0.2) is 0 Å². The maximum atomic E-state index is 11.5. The first-order chi connectivity index (χ1) is 8.50. The third kappa shape index (κ3) is 4.55. The lowest BCUT2D eigenvalue weighted by Gasteiger charge is -2.15. The van der Waals surface area contributed by atoms with Crippen molar-refractivity contribution < 1.29 is 14.7 Å². The van der Waals surface area contributed by atoms with Crippen LogP contribution in [0.2, 0.25) is 0 Å². The minimum atomic E-state index is -0.939. The van der Waals surface area contributed by atoms with E-state index in [0.717, 1.165) is 0 Å². The molecule has 18 heavy (non-hydrogen) atoms. The summed E-state index contributed by atoms with van der Waals surface area (Å²) in [6.45, 7) is 0.354. The van der Waals surface area contributed by atoms with Gasteiger partial charge >= 0.3 is 5.97 Å². The first-order valence-corrected chi connectivity index (χ1v) is 5.70. The quantitative estimate of drug-likeness (QED) is 0.773. The van der Waals surface area contributed by atoms with Crippen molar-refractivity contribution in [2.75, 3.05) is 27.2 Å². The molecule has 0 aliphatic rings. The Morgan fingerprint density at radius 2 is 1.89 bits per heavy atom. The highest BCUT2D eigenvalue weighted by molar-refractivity contribution is 5.80. The van der Waals surface area contributed by atoms with Crippen LogP contribution >= 0.6 is 0 Å². The van der Waals surface area contributed by atoms with Crippen molar-refractivity contribution in [3.05, 3.63) is 35.9 Å². The highest BCUT2D eigenvalue weighted by atomic mass is 16.4. The van der Waals surface area contributed by atoms with E-state index in [4.69, 9.17) is 5.11 Å². The van der Waals surface area contributed by atoms with Gasteiger partial charge in [0.25, 0.3) is 0 Å². The van der Waals surface area contributed by atoms with E-state index in [0.29, 0.717) is 5.56 Å². The van der Waals surface area contributed by atoms with Gasteiger partial charge in [-0.15, -0.1) is 0 Å². The molecule has 5 heteroatoms. The van der Waals surface area contributed by atoms with Crippen LogP contribution in [0.25, 0.3) is 0 Å². The average Bonchev–Trinajstić information content (AvgIpc) is 2.29. The van der Waals surface area contributed by atoms with Gasteiger partial charge in [-0.1, -0.05) is 30.3 Å².